The van der Waals surface area contributed by atoms with Gasteiger partial charge in [-0.3, -0.25) is 0 Å². The highest BCUT2D eigenvalue weighted by molar-refractivity contribution is 5.38. The second-order valence-electron chi connectivity index (χ2n) is 5.56. The first-order valence-corrected chi connectivity index (χ1v) is 7.49. The van der Waals surface area contributed by atoms with Crippen molar-refractivity contribution in [3.63, 3.8) is 0 Å². The molecule has 1 aliphatic heterocycles. The second kappa shape index (κ2) is 6.83. The molecule has 0 spiro atoms. The summed E-state index contributed by atoms with van der Waals surface area (Å²) in [5.41, 5.74) is 1.03. The number of alkyl halides is 3. The van der Waals surface area contributed by atoms with Gasteiger partial charge in [-0.15, -0.1) is 0 Å². The second-order valence-corrected chi connectivity index (χ2v) is 5.56. The molecule has 0 radical (unpaired) electrons. The largest absolute Gasteiger partial charge is 0.497 e. The number of benzene rings is 2. The van der Waals surface area contributed by atoms with Crippen LogP contribution in [0.4, 0.5) is 13.2 Å². The molecule has 2 aromatic carbocycles. The van der Waals surface area contributed by atoms with Gasteiger partial charge in [0.05, 0.1) is 25.4 Å². The van der Waals surface area contributed by atoms with E-state index in [1.807, 2.05) is 24.3 Å². The lowest BCUT2D eigenvalue weighted by Gasteiger charge is -2.23. The molecule has 0 unspecified atom stereocenters. The Morgan fingerprint density at radius 3 is 2.04 bits per heavy atom. The minimum absolute atomic E-state index is 0.192. The highest BCUT2D eigenvalue weighted by Crippen LogP contribution is 2.35. The highest BCUT2D eigenvalue weighted by Gasteiger charge is 2.32. The number of rotatable bonds is 4. The molecule has 2 atom stereocenters. The van der Waals surface area contributed by atoms with Crippen molar-refractivity contribution in [3.05, 3.63) is 65.2 Å². The molecule has 6 heteroatoms. The molecule has 3 nitrogen and oxygen atoms in total. The Morgan fingerprint density at radius 1 is 1.00 bits per heavy atom. The van der Waals surface area contributed by atoms with E-state index in [1.54, 1.807) is 7.11 Å². The van der Waals surface area contributed by atoms with Crippen LogP contribution in [0.15, 0.2) is 48.5 Å². The van der Waals surface area contributed by atoms with Gasteiger partial charge >= 0.3 is 6.18 Å². The van der Waals surface area contributed by atoms with Gasteiger partial charge in [0.25, 0.3) is 0 Å². The molecule has 128 valence electrons. The predicted molar refractivity (Wildman–Crippen MR) is 82.0 cm³/mol. The molecule has 0 saturated carbocycles. The summed E-state index contributed by atoms with van der Waals surface area (Å²) in [6, 6.07) is 12.6. The average Bonchev–Trinajstić information content (AvgIpc) is 3.09. The van der Waals surface area contributed by atoms with Crippen molar-refractivity contribution >= 4 is 0 Å². The zero-order chi connectivity index (χ0) is 17.2. The molecule has 0 amide bonds. The van der Waals surface area contributed by atoms with Crippen LogP contribution in [0.5, 0.6) is 5.75 Å². The normalized spacial score (nSPS) is 19.2. The summed E-state index contributed by atoms with van der Waals surface area (Å²) in [5, 5.41) is 0. The fourth-order valence-electron chi connectivity index (χ4n) is 2.85. The number of ether oxygens (including phenoxy) is 3. The third-order valence-electron chi connectivity index (χ3n) is 4.09. The molecule has 0 aliphatic carbocycles. The molecule has 1 heterocycles. The maximum atomic E-state index is 12.8. The van der Waals surface area contributed by atoms with E-state index >= 15 is 0 Å². The molecule has 1 aliphatic rings. The van der Waals surface area contributed by atoms with Crippen LogP contribution in [0.1, 0.15) is 22.6 Å². The van der Waals surface area contributed by atoms with Crippen LogP contribution in [-0.4, -0.2) is 26.6 Å². The van der Waals surface area contributed by atoms with Crippen molar-refractivity contribution in [3.8, 4) is 5.75 Å². The first kappa shape index (κ1) is 16.8. The topological polar surface area (TPSA) is 27.7 Å². The van der Waals surface area contributed by atoms with E-state index in [9.17, 15) is 13.2 Å². The molecule has 2 aromatic rings. The monoisotopic (exact) mass is 338 g/mol. The molecule has 1 saturated heterocycles. The molecule has 3 rings (SSSR count). The minimum Gasteiger partial charge on any atom is -0.497 e. The molecule has 0 bridgehead atoms. The Bertz CT molecular complexity index is 659. The van der Waals surface area contributed by atoms with Gasteiger partial charge in [0.1, 0.15) is 12.5 Å². The number of methoxy groups -OCH3 is 1. The molecular weight excluding hydrogens is 321 g/mol. The van der Waals surface area contributed by atoms with Crippen molar-refractivity contribution in [1.82, 2.24) is 0 Å². The standard InChI is InChI=1S/C18H17F3O3/c1-22-15-8-4-13(5-9-15)17(16-10-23-11-24-16)12-2-6-14(7-3-12)18(19,20)21/h2-9,16-17H,10-11H2,1H3/t16-,17+/m0/s1. The SMILES string of the molecule is COc1ccc([C@@H](c2ccc(C(F)(F)F)cc2)[C@@H]2COCO2)cc1. The van der Waals surface area contributed by atoms with Crippen molar-refractivity contribution < 1.29 is 27.4 Å². The van der Waals surface area contributed by atoms with Gasteiger partial charge in [0.15, 0.2) is 0 Å². The van der Waals surface area contributed by atoms with Gasteiger partial charge in [0, 0.05) is 5.92 Å². The zero-order valence-electron chi connectivity index (χ0n) is 13.0. The predicted octanol–water partition coefficient (Wildman–Crippen LogP) is 4.22. The maximum Gasteiger partial charge on any atom is 0.416 e. The van der Waals surface area contributed by atoms with Crippen molar-refractivity contribution in [2.45, 2.75) is 18.2 Å². The van der Waals surface area contributed by atoms with Crippen LogP contribution < -0.4 is 4.74 Å². The molecule has 0 N–H and O–H groups in total. The minimum atomic E-state index is -4.35. The van der Waals surface area contributed by atoms with Crippen LogP contribution in [0.2, 0.25) is 0 Å². The Hall–Kier alpha value is -2.05. The summed E-state index contributed by atoms with van der Waals surface area (Å²) in [6.45, 7) is 0.593. The number of halogens is 3. The van der Waals surface area contributed by atoms with E-state index in [1.165, 1.54) is 12.1 Å². The fraction of sp³-hybridized carbons (Fsp3) is 0.333. The third-order valence-corrected chi connectivity index (χ3v) is 4.09. The van der Waals surface area contributed by atoms with Gasteiger partial charge < -0.3 is 14.2 Å². The van der Waals surface area contributed by atoms with E-state index in [2.05, 4.69) is 0 Å². The summed E-state index contributed by atoms with van der Waals surface area (Å²) in [5.74, 6) is 0.509. The smallest absolute Gasteiger partial charge is 0.416 e. The van der Waals surface area contributed by atoms with Crippen LogP contribution >= 0.6 is 0 Å². The van der Waals surface area contributed by atoms with Crippen molar-refractivity contribution in [2.75, 3.05) is 20.5 Å². The van der Waals surface area contributed by atoms with Crippen molar-refractivity contribution in [2.24, 2.45) is 0 Å². The van der Waals surface area contributed by atoms with E-state index in [0.717, 1.165) is 23.3 Å². The van der Waals surface area contributed by atoms with E-state index in [0.29, 0.717) is 12.4 Å². The molecule has 1 fully saturated rings. The lowest BCUT2D eigenvalue weighted by molar-refractivity contribution is -0.137. The molecule has 0 aromatic heterocycles. The summed E-state index contributed by atoms with van der Waals surface area (Å²) >= 11 is 0. The summed E-state index contributed by atoms with van der Waals surface area (Å²) in [7, 11) is 1.58. The van der Waals surface area contributed by atoms with Gasteiger partial charge in [-0.25, -0.2) is 0 Å². The summed E-state index contributed by atoms with van der Waals surface area (Å²) in [4.78, 5) is 0. The first-order valence-electron chi connectivity index (χ1n) is 7.49. The Labute approximate surface area is 138 Å². The van der Waals surface area contributed by atoms with E-state index in [4.69, 9.17) is 14.2 Å². The lowest BCUT2D eigenvalue weighted by atomic mass is 9.86. The van der Waals surface area contributed by atoms with Crippen LogP contribution in [-0.2, 0) is 15.7 Å². The Balaban J connectivity index is 1.95. The van der Waals surface area contributed by atoms with Crippen LogP contribution in [0.3, 0.4) is 0 Å². The van der Waals surface area contributed by atoms with Crippen LogP contribution in [0.25, 0.3) is 0 Å². The summed E-state index contributed by atoms with van der Waals surface area (Å²) < 4.78 is 54.3. The molecule has 24 heavy (non-hydrogen) atoms. The average molecular weight is 338 g/mol. The quantitative estimate of drug-likeness (QED) is 0.835. The number of hydrogen-bond donors (Lipinski definition) is 0. The van der Waals surface area contributed by atoms with Gasteiger partial charge in [-0.1, -0.05) is 24.3 Å². The Morgan fingerprint density at radius 2 is 1.58 bits per heavy atom. The fourth-order valence-corrected chi connectivity index (χ4v) is 2.85. The van der Waals surface area contributed by atoms with Crippen molar-refractivity contribution in [1.29, 1.82) is 0 Å². The van der Waals surface area contributed by atoms with Gasteiger partial charge in [-0.05, 0) is 35.4 Å². The van der Waals surface area contributed by atoms with Crippen LogP contribution in [0, 0.1) is 0 Å². The third kappa shape index (κ3) is 3.55. The highest BCUT2D eigenvalue weighted by atomic mass is 19.4. The Kier molecular flexibility index (Phi) is 4.78. The molecular formula is C18H17F3O3. The van der Waals surface area contributed by atoms with Gasteiger partial charge in [-0.2, -0.15) is 13.2 Å². The zero-order valence-corrected chi connectivity index (χ0v) is 13.0. The lowest BCUT2D eigenvalue weighted by Crippen LogP contribution is -2.22. The first-order chi connectivity index (χ1) is 11.5. The number of hydrogen-bond acceptors (Lipinski definition) is 3. The van der Waals surface area contributed by atoms with E-state index in [-0.39, 0.29) is 18.8 Å². The van der Waals surface area contributed by atoms with E-state index < -0.39 is 11.7 Å². The maximum absolute atomic E-state index is 12.8. The summed E-state index contributed by atoms with van der Waals surface area (Å²) in [6.07, 6.45) is -4.59. The van der Waals surface area contributed by atoms with Gasteiger partial charge in [0.2, 0.25) is 0 Å².